The van der Waals surface area contributed by atoms with E-state index in [4.69, 9.17) is 10.5 Å². The number of carbonyl (C=O) groups excluding carboxylic acids is 1. The van der Waals surface area contributed by atoms with E-state index in [0.717, 1.165) is 28.2 Å². The molecule has 1 unspecified atom stereocenters. The Labute approximate surface area is 133 Å². The Morgan fingerprint density at radius 1 is 1.48 bits per heavy atom. The second kappa shape index (κ2) is 4.59. The monoisotopic (exact) mass is 318 g/mol. The molecule has 1 atom stereocenters. The van der Waals surface area contributed by atoms with E-state index in [-0.39, 0.29) is 12.5 Å². The van der Waals surface area contributed by atoms with Crippen molar-refractivity contribution in [3.63, 3.8) is 0 Å². The van der Waals surface area contributed by atoms with Crippen LogP contribution in [0.3, 0.4) is 0 Å². The van der Waals surface area contributed by atoms with Crippen LogP contribution < -0.4 is 24.8 Å². The average molecular weight is 318 g/mol. The molecule has 0 fully saturated rings. The molecule has 0 spiro atoms. The Morgan fingerprint density at radius 2 is 2.22 bits per heavy atom. The fourth-order valence-corrected chi connectivity index (χ4v) is 3.68. The van der Waals surface area contributed by atoms with Crippen LogP contribution in [0.4, 0.5) is 11.4 Å². The van der Waals surface area contributed by atoms with Gasteiger partial charge in [-0.05, 0) is 0 Å². The van der Waals surface area contributed by atoms with Crippen molar-refractivity contribution in [1.82, 2.24) is 4.57 Å². The van der Waals surface area contributed by atoms with Crippen LogP contribution in [0.5, 0.6) is 5.75 Å². The minimum atomic E-state index is -0.651. The molecule has 0 saturated heterocycles. The van der Waals surface area contributed by atoms with Crippen molar-refractivity contribution in [2.24, 2.45) is 5.73 Å². The van der Waals surface area contributed by atoms with Crippen molar-refractivity contribution >= 4 is 28.3 Å². The Hall–Kier alpha value is -2.32. The second-order valence-corrected chi connectivity index (χ2v) is 6.01. The van der Waals surface area contributed by atoms with E-state index in [1.54, 1.807) is 19.1 Å². The summed E-state index contributed by atoms with van der Waals surface area (Å²) in [5.41, 5.74) is 9.49. The Kier molecular flexibility index (Phi) is 2.85. The molecule has 8 nitrogen and oxygen atoms in total. The third kappa shape index (κ3) is 1.62. The van der Waals surface area contributed by atoms with Gasteiger partial charge in [0.2, 0.25) is 11.0 Å². The molecule has 23 heavy (non-hydrogen) atoms. The fraction of sp³-hybridized carbons (Fsp3) is 0.467. The van der Waals surface area contributed by atoms with Crippen molar-refractivity contribution in [3.05, 3.63) is 11.9 Å². The number of anilines is 2. The van der Waals surface area contributed by atoms with Gasteiger partial charge in [0.1, 0.15) is 18.0 Å². The highest BCUT2D eigenvalue weighted by Crippen LogP contribution is 2.44. The van der Waals surface area contributed by atoms with Gasteiger partial charge in [0.25, 0.3) is 11.7 Å². The SMILES string of the molecule is COc1cc2c3c4c1N(C)C(=O)C[n+]4c(CN)n3CC(O)N2C. The van der Waals surface area contributed by atoms with Crippen LogP contribution in [0.2, 0.25) is 0 Å². The lowest BCUT2D eigenvalue weighted by Crippen LogP contribution is -2.51. The largest absolute Gasteiger partial charge is 0.494 e. The molecule has 3 heterocycles. The molecule has 0 aliphatic carbocycles. The number of likely N-dealkylation sites (N-methyl/N-ethyl adjacent to an activating group) is 2. The molecule has 1 aromatic carbocycles. The van der Waals surface area contributed by atoms with Gasteiger partial charge >= 0.3 is 0 Å². The maximum atomic E-state index is 12.4. The van der Waals surface area contributed by atoms with E-state index in [0.29, 0.717) is 18.8 Å². The molecule has 122 valence electrons. The lowest BCUT2D eigenvalue weighted by atomic mass is 10.1. The molecule has 1 aromatic heterocycles. The molecular formula is C15H20N5O3+. The molecule has 3 N–H and O–H groups in total. The number of methoxy groups -OCH3 is 1. The predicted octanol–water partition coefficient (Wildman–Crippen LogP) is -0.859. The highest BCUT2D eigenvalue weighted by Gasteiger charge is 2.42. The quantitative estimate of drug-likeness (QED) is 0.704. The molecule has 2 aliphatic heterocycles. The number of nitrogens with zero attached hydrogens (tertiary/aromatic N) is 4. The van der Waals surface area contributed by atoms with Crippen molar-refractivity contribution in [1.29, 1.82) is 0 Å². The number of benzene rings is 1. The van der Waals surface area contributed by atoms with Gasteiger partial charge in [0.15, 0.2) is 12.8 Å². The highest BCUT2D eigenvalue weighted by atomic mass is 16.5. The van der Waals surface area contributed by atoms with E-state index in [9.17, 15) is 9.90 Å². The standard InChI is InChI=1S/C15H20N5O3/c1-17-8-4-9(23-3)14-15-13(8)19(6-11(17)21)10(5-16)20(15)7-12(22)18(14)2/h4,11,21H,5-7,16H2,1-3H3/q+1. The predicted molar refractivity (Wildman–Crippen MR) is 84.4 cm³/mol. The maximum Gasteiger partial charge on any atom is 0.272 e. The van der Waals surface area contributed by atoms with Crippen molar-refractivity contribution in [2.75, 3.05) is 31.0 Å². The van der Waals surface area contributed by atoms with Crippen LogP contribution in [0.1, 0.15) is 5.82 Å². The number of amides is 1. The van der Waals surface area contributed by atoms with Gasteiger partial charge in [0, 0.05) is 20.2 Å². The fourth-order valence-electron chi connectivity index (χ4n) is 3.68. The third-order valence-corrected chi connectivity index (χ3v) is 4.93. The molecule has 2 aromatic rings. The first-order valence-electron chi connectivity index (χ1n) is 7.53. The van der Waals surface area contributed by atoms with Gasteiger partial charge in [0.05, 0.1) is 19.3 Å². The van der Waals surface area contributed by atoms with Crippen LogP contribution in [-0.2, 0) is 24.4 Å². The summed E-state index contributed by atoms with van der Waals surface area (Å²) in [5.74, 6) is 1.43. The van der Waals surface area contributed by atoms with Crippen LogP contribution in [0.15, 0.2) is 6.07 Å². The Morgan fingerprint density at radius 3 is 2.87 bits per heavy atom. The number of carbonyl (C=O) groups is 1. The normalized spacial score (nSPS) is 19.7. The third-order valence-electron chi connectivity index (χ3n) is 4.93. The number of rotatable bonds is 2. The Bertz CT molecular complexity index is 844. The number of aliphatic hydroxyl groups is 1. The number of aromatic nitrogens is 2. The highest BCUT2D eigenvalue weighted by molar-refractivity contribution is 6.08. The van der Waals surface area contributed by atoms with Gasteiger partial charge < -0.3 is 25.4 Å². The van der Waals surface area contributed by atoms with Gasteiger partial charge in [-0.15, -0.1) is 0 Å². The summed E-state index contributed by atoms with van der Waals surface area (Å²) in [5, 5.41) is 10.4. The first kappa shape index (κ1) is 14.3. The van der Waals surface area contributed by atoms with E-state index in [1.807, 2.05) is 27.1 Å². The summed E-state index contributed by atoms with van der Waals surface area (Å²) in [6.07, 6.45) is -0.651. The lowest BCUT2D eigenvalue weighted by molar-refractivity contribution is -0.668. The van der Waals surface area contributed by atoms with Gasteiger partial charge in [-0.2, -0.15) is 0 Å². The molecule has 8 heteroatoms. The smallest absolute Gasteiger partial charge is 0.272 e. The van der Waals surface area contributed by atoms with Gasteiger partial charge in [-0.3, -0.25) is 4.79 Å². The van der Waals surface area contributed by atoms with E-state index in [1.165, 1.54) is 0 Å². The number of hydrogen-bond donors (Lipinski definition) is 2. The van der Waals surface area contributed by atoms with Crippen LogP contribution >= 0.6 is 0 Å². The minimum Gasteiger partial charge on any atom is -0.494 e. The molecule has 0 bridgehead atoms. The van der Waals surface area contributed by atoms with Gasteiger partial charge in [-0.25, -0.2) is 9.13 Å². The second-order valence-electron chi connectivity index (χ2n) is 6.01. The first-order valence-corrected chi connectivity index (χ1v) is 7.53. The summed E-state index contributed by atoms with van der Waals surface area (Å²) in [6.45, 7) is 0.957. The summed E-state index contributed by atoms with van der Waals surface area (Å²) < 4.78 is 9.50. The first-order chi connectivity index (χ1) is 11.0. The Balaban J connectivity index is 2.20. The number of aliphatic hydroxyl groups excluding tert-OH is 1. The number of nitrogens with two attached hydrogens (primary N) is 1. The molecule has 0 saturated carbocycles. The minimum absolute atomic E-state index is 0.0181. The zero-order valence-corrected chi connectivity index (χ0v) is 13.4. The van der Waals surface area contributed by atoms with Crippen LogP contribution in [-0.4, -0.2) is 43.0 Å². The maximum absolute atomic E-state index is 12.4. The average Bonchev–Trinajstić information content (AvgIpc) is 2.84. The molecule has 2 aliphatic rings. The van der Waals surface area contributed by atoms with Crippen molar-refractivity contribution < 1.29 is 19.2 Å². The lowest BCUT2D eigenvalue weighted by Gasteiger charge is -2.30. The molecule has 0 radical (unpaired) electrons. The summed E-state index contributed by atoms with van der Waals surface area (Å²) in [4.78, 5) is 15.9. The van der Waals surface area contributed by atoms with E-state index in [2.05, 4.69) is 0 Å². The molecule has 1 amide bonds. The summed E-state index contributed by atoms with van der Waals surface area (Å²) in [6, 6.07) is 1.87. The molecular weight excluding hydrogens is 298 g/mol. The van der Waals surface area contributed by atoms with Gasteiger partial charge in [-0.1, -0.05) is 0 Å². The topological polar surface area (TPSA) is 87.8 Å². The summed E-state index contributed by atoms with van der Waals surface area (Å²) in [7, 11) is 5.19. The molecule has 4 rings (SSSR count). The zero-order valence-electron chi connectivity index (χ0n) is 13.4. The number of ether oxygens (including phenoxy) is 1. The summed E-state index contributed by atoms with van der Waals surface area (Å²) >= 11 is 0. The van der Waals surface area contributed by atoms with Crippen molar-refractivity contribution in [2.45, 2.75) is 25.9 Å². The van der Waals surface area contributed by atoms with E-state index >= 15 is 0 Å². The van der Waals surface area contributed by atoms with Crippen LogP contribution in [0.25, 0.3) is 11.0 Å². The van der Waals surface area contributed by atoms with E-state index < -0.39 is 6.23 Å². The van der Waals surface area contributed by atoms with Crippen molar-refractivity contribution in [3.8, 4) is 5.75 Å². The van der Waals surface area contributed by atoms with Crippen LogP contribution in [0, 0.1) is 0 Å². The zero-order chi connectivity index (χ0) is 16.5. The number of imidazole rings is 1. The number of hydrogen-bond acceptors (Lipinski definition) is 5.